The van der Waals surface area contributed by atoms with Crippen molar-refractivity contribution in [3.05, 3.63) is 29.6 Å². The molecule has 2 N–H and O–H groups in total. The molecular formula is C15H22FN3O. The molecule has 1 aromatic carbocycles. The van der Waals surface area contributed by atoms with Gasteiger partial charge in [-0.3, -0.25) is 4.79 Å². The molecule has 2 rings (SSSR count). The Balaban J connectivity index is 1.92. The number of hydrogen-bond donors (Lipinski definition) is 2. The molecular weight excluding hydrogens is 257 g/mol. The Morgan fingerprint density at radius 2 is 2.10 bits per heavy atom. The SMILES string of the molecule is CCNc1c(F)cccc1C(=O)NCCN1CCCC1. The summed E-state index contributed by atoms with van der Waals surface area (Å²) in [5.41, 5.74) is 0.655. The lowest BCUT2D eigenvalue weighted by Gasteiger charge is -2.16. The molecule has 1 amide bonds. The molecule has 1 heterocycles. The van der Waals surface area contributed by atoms with Crippen molar-refractivity contribution in [2.24, 2.45) is 0 Å². The molecule has 20 heavy (non-hydrogen) atoms. The second-order valence-electron chi connectivity index (χ2n) is 5.00. The minimum absolute atomic E-state index is 0.223. The van der Waals surface area contributed by atoms with Gasteiger partial charge in [0.25, 0.3) is 5.91 Å². The molecule has 5 heteroatoms. The number of halogens is 1. The van der Waals surface area contributed by atoms with E-state index in [0.717, 1.165) is 19.6 Å². The highest BCUT2D eigenvalue weighted by atomic mass is 19.1. The van der Waals surface area contributed by atoms with E-state index in [2.05, 4.69) is 15.5 Å². The van der Waals surface area contributed by atoms with Crippen LogP contribution in [0.4, 0.5) is 10.1 Å². The Morgan fingerprint density at radius 3 is 2.80 bits per heavy atom. The van der Waals surface area contributed by atoms with Gasteiger partial charge >= 0.3 is 0 Å². The van der Waals surface area contributed by atoms with Crippen LogP contribution in [0, 0.1) is 5.82 Å². The number of benzene rings is 1. The van der Waals surface area contributed by atoms with E-state index in [1.165, 1.54) is 18.9 Å². The number of anilines is 1. The third-order valence-electron chi connectivity index (χ3n) is 3.52. The van der Waals surface area contributed by atoms with Crippen molar-refractivity contribution in [3.8, 4) is 0 Å². The van der Waals surface area contributed by atoms with Gasteiger partial charge in [-0.15, -0.1) is 0 Å². The number of nitrogens with one attached hydrogen (secondary N) is 2. The van der Waals surface area contributed by atoms with Gasteiger partial charge in [0.05, 0.1) is 11.3 Å². The Hall–Kier alpha value is -1.62. The average Bonchev–Trinajstić information content (AvgIpc) is 2.94. The van der Waals surface area contributed by atoms with Crippen LogP contribution in [0.25, 0.3) is 0 Å². The van der Waals surface area contributed by atoms with E-state index < -0.39 is 0 Å². The van der Waals surface area contributed by atoms with Gasteiger partial charge in [-0.05, 0) is 45.0 Å². The van der Waals surface area contributed by atoms with Gasteiger partial charge in [0.15, 0.2) is 0 Å². The maximum Gasteiger partial charge on any atom is 0.253 e. The molecule has 1 fully saturated rings. The van der Waals surface area contributed by atoms with Gasteiger partial charge in [0, 0.05) is 19.6 Å². The summed E-state index contributed by atoms with van der Waals surface area (Å²) in [4.78, 5) is 14.5. The van der Waals surface area contributed by atoms with Crippen LogP contribution in [-0.2, 0) is 0 Å². The Bertz CT molecular complexity index is 458. The minimum atomic E-state index is -0.390. The molecule has 0 spiro atoms. The summed E-state index contributed by atoms with van der Waals surface area (Å²) in [6.45, 7) is 6.13. The number of para-hydroxylation sites is 1. The van der Waals surface area contributed by atoms with Gasteiger partial charge in [0.2, 0.25) is 0 Å². The van der Waals surface area contributed by atoms with Gasteiger partial charge < -0.3 is 15.5 Å². The van der Waals surface area contributed by atoms with Crippen molar-refractivity contribution in [1.29, 1.82) is 0 Å². The molecule has 0 bridgehead atoms. The molecule has 0 aliphatic carbocycles. The molecule has 0 aromatic heterocycles. The Morgan fingerprint density at radius 1 is 1.35 bits per heavy atom. The van der Waals surface area contributed by atoms with Gasteiger partial charge in [-0.2, -0.15) is 0 Å². The van der Waals surface area contributed by atoms with Crippen LogP contribution >= 0.6 is 0 Å². The zero-order chi connectivity index (χ0) is 14.4. The van der Waals surface area contributed by atoms with Crippen molar-refractivity contribution < 1.29 is 9.18 Å². The van der Waals surface area contributed by atoms with Gasteiger partial charge in [-0.1, -0.05) is 6.07 Å². The minimum Gasteiger partial charge on any atom is -0.382 e. The van der Waals surface area contributed by atoms with Crippen molar-refractivity contribution >= 4 is 11.6 Å². The third kappa shape index (κ3) is 3.70. The normalized spacial score (nSPS) is 15.3. The van der Waals surface area contributed by atoms with E-state index in [1.54, 1.807) is 12.1 Å². The van der Waals surface area contributed by atoms with Crippen LogP contribution in [0.2, 0.25) is 0 Å². The molecule has 1 saturated heterocycles. The molecule has 0 saturated carbocycles. The fraction of sp³-hybridized carbons (Fsp3) is 0.533. The largest absolute Gasteiger partial charge is 0.382 e. The highest BCUT2D eigenvalue weighted by Gasteiger charge is 2.15. The van der Waals surface area contributed by atoms with E-state index in [1.807, 2.05) is 6.92 Å². The maximum absolute atomic E-state index is 13.7. The summed E-state index contributed by atoms with van der Waals surface area (Å²) in [5.74, 6) is -0.612. The molecule has 0 unspecified atom stereocenters. The molecule has 0 atom stereocenters. The summed E-state index contributed by atoms with van der Waals surface area (Å²) in [6.07, 6.45) is 2.48. The zero-order valence-corrected chi connectivity index (χ0v) is 11.9. The molecule has 0 radical (unpaired) electrons. The Kier molecular flexibility index (Phi) is 5.35. The van der Waals surface area contributed by atoms with Crippen LogP contribution in [-0.4, -0.2) is 43.5 Å². The first-order valence-corrected chi connectivity index (χ1v) is 7.25. The quantitative estimate of drug-likeness (QED) is 0.838. The van der Waals surface area contributed by atoms with Gasteiger partial charge in [0.1, 0.15) is 5.82 Å². The van der Waals surface area contributed by atoms with E-state index in [-0.39, 0.29) is 17.4 Å². The standard InChI is InChI=1S/C15H22FN3O/c1-2-17-14-12(6-5-7-13(14)16)15(20)18-8-11-19-9-3-4-10-19/h5-7,17H,2-4,8-11H2,1H3,(H,18,20). The van der Waals surface area contributed by atoms with Crippen molar-refractivity contribution in [1.82, 2.24) is 10.2 Å². The van der Waals surface area contributed by atoms with Crippen LogP contribution in [0.1, 0.15) is 30.1 Å². The fourth-order valence-electron chi connectivity index (χ4n) is 2.50. The van der Waals surface area contributed by atoms with Crippen LogP contribution < -0.4 is 10.6 Å². The van der Waals surface area contributed by atoms with Crippen molar-refractivity contribution in [2.45, 2.75) is 19.8 Å². The molecule has 1 aromatic rings. The van der Waals surface area contributed by atoms with Crippen LogP contribution in [0.5, 0.6) is 0 Å². The lowest BCUT2D eigenvalue weighted by molar-refractivity contribution is 0.0950. The Labute approximate surface area is 119 Å². The molecule has 1 aliphatic heterocycles. The summed E-state index contributed by atoms with van der Waals surface area (Å²) < 4.78 is 13.7. The van der Waals surface area contributed by atoms with E-state index in [4.69, 9.17) is 0 Å². The van der Waals surface area contributed by atoms with Crippen molar-refractivity contribution in [3.63, 3.8) is 0 Å². The lowest BCUT2D eigenvalue weighted by Crippen LogP contribution is -2.33. The maximum atomic E-state index is 13.7. The first-order chi connectivity index (χ1) is 9.72. The number of nitrogens with zero attached hydrogens (tertiary/aromatic N) is 1. The van der Waals surface area contributed by atoms with Gasteiger partial charge in [-0.25, -0.2) is 4.39 Å². The zero-order valence-electron chi connectivity index (χ0n) is 11.9. The number of rotatable bonds is 6. The second kappa shape index (κ2) is 7.24. The predicted molar refractivity (Wildman–Crippen MR) is 78.6 cm³/mol. The molecule has 1 aliphatic rings. The van der Waals surface area contributed by atoms with E-state index in [0.29, 0.717) is 18.7 Å². The molecule has 110 valence electrons. The number of likely N-dealkylation sites (tertiary alicyclic amines) is 1. The molecule has 4 nitrogen and oxygen atoms in total. The highest BCUT2D eigenvalue weighted by molar-refractivity contribution is 5.99. The van der Waals surface area contributed by atoms with Crippen LogP contribution in [0.3, 0.4) is 0 Å². The third-order valence-corrected chi connectivity index (χ3v) is 3.52. The van der Waals surface area contributed by atoms with E-state index >= 15 is 0 Å². The number of hydrogen-bond acceptors (Lipinski definition) is 3. The number of amides is 1. The average molecular weight is 279 g/mol. The number of carbonyl (C=O) groups is 1. The fourth-order valence-corrected chi connectivity index (χ4v) is 2.50. The van der Waals surface area contributed by atoms with E-state index in [9.17, 15) is 9.18 Å². The second-order valence-corrected chi connectivity index (χ2v) is 5.00. The lowest BCUT2D eigenvalue weighted by atomic mass is 10.1. The predicted octanol–water partition coefficient (Wildman–Crippen LogP) is 2.08. The summed E-state index contributed by atoms with van der Waals surface area (Å²) in [7, 11) is 0. The first kappa shape index (κ1) is 14.8. The smallest absolute Gasteiger partial charge is 0.253 e. The number of carbonyl (C=O) groups excluding carboxylic acids is 1. The topological polar surface area (TPSA) is 44.4 Å². The highest BCUT2D eigenvalue weighted by Crippen LogP contribution is 2.19. The van der Waals surface area contributed by atoms with Crippen LogP contribution in [0.15, 0.2) is 18.2 Å². The first-order valence-electron chi connectivity index (χ1n) is 7.25. The summed E-state index contributed by atoms with van der Waals surface area (Å²) in [6, 6.07) is 4.57. The summed E-state index contributed by atoms with van der Waals surface area (Å²) in [5, 5.41) is 5.78. The van der Waals surface area contributed by atoms with Crippen molar-refractivity contribution in [2.75, 3.05) is 38.0 Å². The monoisotopic (exact) mass is 279 g/mol. The summed E-state index contributed by atoms with van der Waals surface area (Å²) >= 11 is 0.